The maximum atomic E-state index is 12.0. The number of benzene rings is 1. The minimum absolute atomic E-state index is 0.00519. The molecule has 1 aromatic carbocycles. The number of hydrogen-bond acceptors (Lipinski definition) is 5. The van der Waals surface area contributed by atoms with Gasteiger partial charge in [-0.25, -0.2) is 4.79 Å². The van der Waals surface area contributed by atoms with Crippen LogP contribution in [0.5, 0.6) is 0 Å². The number of rotatable bonds is 7. The normalized spacial score (nSPS) is 11.9. The van der Waals surface area contributed by atoms with Gasteiger partial charge in [-0.15, -0.1) is 0 Å². The first kappa shape index (κ1) is 19.4. The standard InChI is InChI=1S/C20H23NO5/c1-12(2)13(3)21-19(23)11-25-20(24)18-10-9-17(26-18)16-7-5-15(6-8-16)14(4)22/h5-10,12-13H,11H2,1-4H3,(H,21,23)/t13-/m0/s1. The molecule has 0 spiro atoms. The van der Waals surface area contributed by atoms with Gasteiger partial charge in [0.1, 0.15) is 5.76 Å². The molecule has 26 heavy (non-hydrogen) atoms. The zero-order valence-corrected chi connectivity index (χ0v) is 15.4. The SMILES string of the molecule is CC(=O)c1ccc(-c2ccc(C(=O)OCC(=O)N[C@@H](C)C(C)C)o2)cc1. The zero-order valence-electron chi connectivity index (χ0n) is 15.4. The highest BCUT2D eigenvalue weighted by molar-refractivity contribution is 5.94. The fourth-order valence-electron chi connectivity index (χ4n) is 2.14. The van der Waals surface area contributed by atoms with E-state index in [0.29, 0.717) is 11.3 Å². The second-order valence-corrected chi connectivity index (χ2v) is 6.47. The lowest BCUT2D eigenvalue weighted by Crippen LogP contribution is -2.38. The molecule has 2 aromatic rings. The van der Waals surface area contributed by atoms with Gasteiger partial charge >= 0.3 is 5.97 Å². The molecule has 0 saturated carbocycles. The van der Waals surface area contributed by atoms with Gasteiger partial charge in [0, 0.05) is 17.2 Å². The Hall–Kier alpha value is -2.89. The van der Waals surface area contributed by atoms with E-state index in [-0.39, 0.29) is 36.0 Å². The highest BCUT2D eigenvalue weighted by atomic mass is 16.5. The minimum Gasteiger partial charge on any atom is -0.450 e. The van der Waals surface area contributed by atoms with Crippen LogP contribution in [0.3, 0.4) is 0 Å². The van der Waals surface area contributed by atoms with Crippen molar-refractivity contribution in [1.29, 1.82) is 0 Å². The van der Waals surface area contributed by atoms with E-state index in [2.05, 4.69) is 5.32 Å². The minimum atomic E-state index is -0.705. The van der Waals surface area contributed by atoms with Gasteiger partial charge in [-0.3, -0.25) is 9.59 Å². The van der Waals surface area contributed by atoms with Gasteiger partial charge in [0.2, 0.25) is 5.76 Å². The molecule has 0 saturated heterocycles. The van der Waals surface area contributed by atoms with Crippen molar-refractivity contribution in [2.75, 3.05) is 6.61 Å². The Kier molecular flexibility index (Phi) is 6.33. The molecule has 2 rings (SSSR count). The van der Waals surface area contributed by atoms with Crippen LogP contribution < -0.4 is 5.32 Å². The van der Waals surface area contributed by atoms with Crippen LogP contribution in [0.25, 0.3) is 11.3 Å². The third kappa shape index (κ3) is 5.05. The van der Waals surface area contributed by atoms with Crippen molar-refractivity contribution in [3.8, 4) is 11.3 Å². The highest BCUT2D eigenvalue weighted by Crippen LogP contribution is 2.23. The van der Waals surface area contributed by atoms with Gasteiger partial charge in [0.25, 0.3) is 5.91 Å². The number of ketones is 1. The first-order valence-electron chi connectivity index (χ1n) is 8.45. The zero-order chi connectivity index (χ0) is 19.3. The van der Waals surface area contributed by atoms with Crippen LogP contribution in [0.2, 0.25) is 0 Å². The molecule has 1 heterocycles. The molecule has 1 N–H and O–H groups in total. The second-order valence-electron chi connectivity index (χ2n) is 6.47. The highest BCUT2D eigenvalue weighted by Gasteiger charge is 2.17. The average Bonchev–Trinajstić information content (AvgIpc) is 3.09. The Balaban J connectivity index is 1.95. The number of hydrogen-bond donors (Lipinski definition) is 1. The summed E-state index contributed by atoms with van der Waals surface area (Å²) < 4.78 is 10.5. The van der Waals surface area contributed by atoms with Crippen LogP contribution >= 0.6 is 0 Å². The lowest BCUT2D eigenvalue weighted by Gasteiger charge is -2.17. The first-order chi connectivity index (χ1) is 12.3. The Labute approximate surface area is 152 Å². The molecule has 138 valence electrons. The van der Waals surface area contributed by atoms with E-state index < -0.39 is 5.97 Å². The number of esters is 1. The van der Waals surface area contributed by atoms with E-state index in [0.717, 1.165) is 5.56 Å². The first-order valence-corrected chi connectivity index (χ1v) is 8.45. The maximum Gasteiger partial charge on any atom is 0.374 e. The van der Waals surface area contributed by atoms with Gasteiger partial charge in [0.05, 0.1) is 0 Å². The summed E-state index contributed by atoms with van der Waals surface area (Å²) in [5.41, 5.74) is 1.33. The Bertz CT molecular complexity index is 789. The van der Waals surface area contributed by atoms with Gasteiger partial charge in [-0.1, -0.05) is 38.1 Å². The van der Waals surface area contributed by atoms with Crippen molar-refractivity contribution in [2.24, 2.45) is 5.92 Å². The van der Waals surface area contributed by atoms with Crippen LogP contribution in [0.15, 0.2) is 40.8 Å². The summed E-state index contributed by atoms with van der Waals surface area (Å²) >= 11 is 0. The molecule has 1 amide bonds. The number of carbonyl (C=O) groups excluding carboxylic acids is 3. The molecule has 0 bridgehead atoms. The van der Waals surface area contributed by atoms with Gasteiger partial charge in [-0.05, 0) is 31.9 Å². The topological polar surface area (TPSA) is 85.6 Å². The lowest BCUT2D eigenvalue weighted by atomic mass is 10.1. The summed E-state index contributed by atoms with van der Waals surface area (Å²) in [6.07, 6.45) is 0. The second kappa shape index (κ2) is 8.47. The summed E-state index contributed by atoms with van der Waals surface area (Å²) in [7, 11) is 0. The van der Waals surface area contributed by atoms with Crippen molar-refractivity contribution in [2.45, 2.75) is 33.7 Å². The molecule has 6 nitrogen and oxygen atoms in total. The molecule has 0 aliphatic carbocycles. The molecular weight excluding hydrogens is 334 g/mol. The van der Waals surface area contributed by atoms with E-state index in [9.17, 15) is 14.4 Å². The molecule has 6 heteroatoms. The predicted octanol–water partition coefficient (Wildman–Crippen LogP) is 3.47. The number of amides is 1. The fourth-order valence-corrected chi connectivity index (χ4v) is 2.14. The fraction of sp³-hybridized carbons (Fsp3) is 0.350. The smallest absolute Gasteiger partial charge is 0.374 e. The van der Waals surface area contributed by atoms with Crippen LogP contribution in [0, 0.1) is 5.92 Å². The third-order valence-electron chi connectivity index (χ3n) is 4.11. The molecule has 0 aliphatic heterocycles. The number of ether oxygens (including phenoxy) is 1. The number of nitrogens with one attached hydrogen (secondary N) is 1. The molecule has 0 unspecified atom stereocenters. The van der Waals surface area contributed by atoms with E-state index in [1.165, 1.54) is 13.0 Å². The summed E-state index contributed by atoms with van der Waals surface area (Å²) in [6.45, 7) is 7.00. The summed E-state index contributed by atoms with van der Waals surface area (Å²) in [4.78, 5) is 35.1. The largest absolute Gasteiger partial charge is 0.450 e. The number of carbonyl (C=O) groups is 3. The van der Waals surface area contributed by atoms with Gasteiger partial charge in [0.15, 0.2) is 12.4 Å². The van der Waals surface area contributed by atoms with Crippen LogP contribution in [-0.2, 0) is 9.53 Å². The van der Waals surface area contributed by atoms with Gasteiger partial charge < -0.3 is 14.5 Å². The van der Waals surface area contributed by atoms with Crippen molar-refractivity contribution < 1.29 is 23.5 Å². The Morgan fingerprint density at radius 2 is 1.69 bits per heavy atom. The average molecular weight is 357 g/mol. The molecule has 0 aliphatic rings. The van der Waals surface area contributed by atoms with Crippen LogP contribution in [0.4, 0.5) is 0 Å². The van der Waals surface area contributed by atoms with E-state index in [4.69, 9.17) is 9.15 Å². The summed E-state index contributed by atoms with van der Waals surface area (Å²) in [5.74, 6) is -0.303. The molecule has 0 fully saturated rings. The third-order valence-corrected chi connectivity index (χ3v) is 4.11. The van der Waals surface area contributed by atoms with Gasteiger partial charge in [-0.2, -0.15) is 0 Å². The quantitative estimate of drug-likeness (QED) is 0.606. The molecular formula is C20H23NO5. The monoisotopic (exact) mass is 357 g/mol. The molecule has 0 radical (unpaired) electrons. The predicted molar refractivity (Wildman–Crippen MR) is 96.9 cm³/mol. The van der Waals surface area contributed by atoms with E-state index in [1.807, 2.05) is 20.8 Å². The van der Waals surface area contributed by atoms with Crippen molar-refractivity contribution >= 4 is 17.7 Å². The van der Waals surface area contributed by atoms with Crippen molar-refractivity contribution in [3.05, 3.63) is 47.7 Å². The summed E-state index contributed by atoms with van der Waals surface area (Å²) in [5, 5.41) is 2.76. The van der Waals surface area contributed by atoms with E-state index in [1.54, 1.807) is 30.3 Å². The molecule has 1 aromatic heterocycles. The molecule has 1 atom stereocenters. The van der Waals surface area contributed by atoms with E-state index >= 15 is 0 Å². The number of Topliss-reactive ketones (excluding diaryl/α,β-unsaturated/α-hetero) is 1. The Morgan fingerprint density at radius 1 is 1.04 bits per heavy atom. The van der Waals surface area contributed by atoms with Crippen LogP contribution in [-0.4, -0.2) is 30.3 Å². The summed E-state index contributed by atoms with van der Waals surface area (Å²) in [6, 6.07) is 9.99. The van der Waals surface area contributed by atoms with Crippen molar-refractivity contribution in [1.82, 2.24) is 5.32 Å². The maximum absolute atomic E-state index is 12.0. The Morgan fingerprint density at radius 3 is 2.27 bits per heavy atom. The lowest BCUT2D eigenvalue weighted by molar-refractivity contribution is -0.125. The van der Waals surface area contributed by atoms with Crippen molar-refractivity contribution in [3.63, 3.8) is 0 Å². The van der Waals surface area contributed by atoms with Crippen LogP contribution in [0.1, 0.15) is 48.6 Å². The number of furan rings is 1.